The van der Waals surface area contributed by atoms with Gasteiger partial charge in [-0.25, -0.2) is 4.79 Å². The van der Waals surface area contributed by atoms with E-state index < -0.39 is 5.60 Å². The number of unbranched alkanes of at least 4 members (excludes halogenated alkanes) is 16. The quantitative estimate of drug-likeness (QED) is 0.0919. The Bertz CT molecular complexity index is 607. The van der Waals surface area contributed by atoms with Gasteiger partial charge in [0.25, 0.3) is 0 Å². The third-order valence-corrected chi connectivity index (χ3v) is 8.45. The van der Waals surface area contributed by atoms with Crippen molar-refractivity contribution >= 4 is 17.9 Å². The summed E-state index contributed by atoms with van der Waals surface area (Å²) in [5, 5.41) is 2.14. The summed E-state index contributed by atoms with van der Waals surface area (Å²) >= 11 is 1.83. The van der Waals surface area contributed by atoms with Crippen molar-refractivity contribution in [2.45, 2.75) is 135 Å². The zero-order chi connectivity index (χ0) is 28.4. The van der Waals surface area contributed by atoms with Crippen LogP contribution in [0, 0.1) is 0 Å². The number of rotatable bonds is 27. The summed E-state index contributed by atoms with van der Waals surface area (Å²) in [6.07, 6.45) is 25.6. The topological polar surface area (TPSA) is 51.2 Å². The van der Waals surface area contributed by atoms with Crippen molar-refractivity contribution in [2.24, 2.45) is 0 Å². The average molecular weight is 571 g/mol. The summed E-state index contributed by atoms with van der Waals surface area (Å²) < 4.78 is 17.0. The number of methoxy groups -OCH3 is 1. The van der Waals surface area contributed by atoms with Crippen LogP contribution in [0.1, 0.15) is 129 Å². The molecule has 0 spiro atoms. The maximum absolute atomic E-state index is 12.4. The van der Waals surface area contributed by atoms with Crippen LogP contribution in [0.25, 0.3) is 0 Å². The molecule has 0 aromatic carbocycles. The van der Waals surface area contributed by atoms with Crippen LogP contribution in [0.3, 0.4) is 0 Å². The number of thioether (sulfide) groups is 1. The van der Waals surface area contributed by atoms with E-state index in [1.54, 1.807) is 12.0 Å². The molecule has 0 fully saturated rings. The Morgan fingerprint density at radius 1 is 0.846 bits per heavy atom. The number of carbonyl (C=O) groups is 1. The van der Waals surface area contributed by atoms with Crippen LogP contribution in [0.4, 0.5) is 4.79 Å². The molecule has 0 aromatic rings. The second-order valence-electron chi connectivity index (χ2n) is 11.6. The maximum Gasteiger partial charge on any atom is 0.409 e. The number of carbonyl (C=O) groups excluding carboxylic acids is 1. The summed E-state index contributed by atoms with van der Waals surface area (Å²) in [7, 11) is 3.47. The van der Waals surface area contributed by atoms with Crippen LogP contribution in [0.2, 0.25) is 0 Å². The first-order valence-electron chi connectivity index (χ1n) is 16.0. The lowest BCUT2D eigenvalue weighted by Crippen LogP contribution is -2.41. The molecule has 1 aliphatic heterocycles. The van der Waals surface area contributed by atoms with Gasteiger partial charge in [0.05, 0.1) is 12.5 Å². The molecule has 1 atom stereocenters. The van der Waals surface area contributed by atoms with Crippen molar-refractivity contribution < 1.29 is 19.0 Å². The van der Waals surface area contributed by atoms with Gasteiger partial charge in [0, 0.05) is 40.1 Å². The van der Waals surface area contributed by atoms with Gasteiger partial charge < -0.3 is 24.0 Å². The SMILES string of the molecule is CCCCCCCCCCCCCCCCCCN(C)C(=O)OCC(C)(COCCCCN1C=CSC1)OC. The Kier molecular flexibility index (Phi) is 23.0. The highest BCUT2D eigenvalue weighted by molar-refractivity contribution is 8.02. The van der Waals surface area contributed by atoms with Gasteiger partial charge in [-0.1, -0.05) is 103 Å². The largest absolute Gasteiger partial charge is 0.446 e. The Morgan fingerprint density at radius 2 is 1.41 bits per heavy atom. The fourth-order valence-corrected chi connectivity index (χ4v) is 5.48. The fourth-order valence-electron chi connectivity index (χ4n) is 4.73. The molecule has 0 aromatic heterocycles. The molecule has 1 rings (SSSR count). The van der Waals surface area contributed by atoms with Gasteiger partial charge in [0.15, 0.2) is 0 Å². The number of amides is 1. The van der Waals surface area contributed by atoms with Crippen LogP contribution >= 0.6 is 11.8 Å². The van der Waals surface area contributed by atoms with E-state index in [4.69, 9.17) is 14.2 Å². The van der Waals surface area contributed by atoms with E-state index >= 15 is 0 Å². The lowest BCUT2D eigenvalue weighted by molar-refractivity contribution is -0.0956. The molecule has 1 heterocycles. The van der Waals surface area contributed by atoms with E-state index in [9.17, 15) is 4.79 Å². The average Bonchev–Trinajstić information content (AvgIpc) is 3.47. The molecule has 6 nitrogen and oxygen atoms in total. The van der Waals surface area contributed by atoms with Crippen molar-refractivity contribution in [3.63, 3.8) is 0 Å². The van der Waals surface area contributed by atoms with E-state index in [0.29, 0.717) is 13.2 Å². The molecule has 1 aliphatic rings. The van der Waals surface area contributed by atoms with Crippen LogP contribution in [-0.4, -0.2) is 74.4 Å². The summed E-state index contributed by atoms with van der Waals surface area (Å²) in [5.74, 6) is 1.06. The Labute approximate surface area is 246 Å². The molecule has 7 heteroatoms. The first kappa shape index (κ1) is 36.1. The normalized spacial score (nSPS) is 14.6. The van der Waals surface area contributed by atoms with E-state index in [1.165, 1.54) is 96.3 Å². The number of hydrogen-bond acceptors (Lipinski definition) is 6. The Balaban J connectivity index is 1.93. The number of ether oxygens (including phenoxy) is 3. The van der Waals surface area contributed by atoms with Crippen molar-refractivity contribution in [3.8, 4) is 0 Å². The highest BCUT2D eigenvalue weighted by Crippen LogP contribution is 2.16. The first-order chi connectivity index (χ1) is 19.0. The summed E-state index contributed by atoms with van der Waals surface area (Å²) in [6, 6.07) is 0. The minimum Gasteiger partial charge on any atom is -0.446 e. The molecule has 0 radical (unpaired) electrons. The smallest absolute Gasteiger partial charge is 0.409 e. The Morgan fingerprint density at radius 3 is 1.92 bits per heavy atom. The molecule has 1 unspecified atom stereocenters. The zero-order valence-corrected chi connectivity index (χ0v) is 26.9. The van der Waals surface area contributed by atoms with Crippen molar-refractivity contribution in [1.29, 1.82) is 0 Å². The molecule has 0 aliphatic carbocycles. The van der Waals surface area contributed by atoms with Crippen molar-refractivity contribution in [1.82, 2.24) is 9.80 Å². The van der Waals surface area contributed by atoms with Crippen molar-refractivity contribution in [2.75, 3.05) is 52.9 Å². The highest BCUT2D eigenvalue weighted by atomic mass is 32.2. The monoisotopic (exact) mass is 570 g/mol. The third kappa shape index (κ3) is 20.6. The third-order valence-electron chi connectivity index (χ3n) is 7.65. The molecule has 0 N–H and O–H groups in total. The van der Waals surface area contributed by atoms with Gasteiger partial charge in [-0.2, -0.15) is 0 Å². The highest BCUT2D eigenvalue weighted by Gasteiger charge is 2.27. The summed E-state index contributed by atoms with van der Waals surface area (Å²) in [5.41, 5.74) is -0.626. The molecule has 1 amide bonds. The van der Waals surface area contributed by atoms with Gasteiger partial charge in [-0.05, 0) is 31.6 Å². The van der Waals surface area contributed by atoms with E-state index in [1.807, 2.05) is 25.7 Å². The van der Waals surface area contributed by atoms with E-state index in [2.05, 4.69) is 23.4 Å². The van der Waals surface area contributed by atoms with Gasteiger partial charge in [0.1, 0.15) is 12.2 Å². The molecule has 230 valence electrons. The number of hydrogen-bond donors (Lipinski definition) is 0. The second kappa shape index (κ2) is 24.8. The van der Waals surface area contributed by atoms with Crippen LogP contribution in [-0.2, 0) is 14.2 Å². The predicted molar refractivity (Wildman–Crippen MR) is 167 cm³/mol. The first-order valence-corrected chi connectivity index (χ1v) is 17.1. The molecular formula is C32H62N2O4S. The maximum atomic E-state index is 12.4. The van der Waals surface area contributed by atoms with Crippen LogP contribution in [0.5, 0.6) is 0 Å². The van der Waals surface area contributed by atoms with Gasteiger partial charge in [-0.15, -0.1) is 11.8 Å². The standard InChI is InChI=1S/C32H62N2O4S/c1-5-6-7-8-9-10-11-12-13-14-15-16-17-18-19-20-23-33(3)31(35)38-29-32(2,36-4)28-37-26-22-21-24-34-25-27-39-30-34/h25,27H,5-24,26,28-30H2,1-4H3. The second-order valence-corrected chi connectivity index (χ2v) is 12.5. The van der Waals surface area contributed by atoms with E-state index in [0.717, 1.165) is 38.2 Å². The lowest BCUT2D eigenvalue weighted by atomic mass is 10.0. The minimum atomic E-state index is -0.626. The van der Waals surface area contributed by atoms with Crippen molar-refractivity contribution in [3.05, 3.63) is 11.6 Å². The minimum absolute atomic E-state index is 0.196. The Hall–Kier alpha value is -0.920. The van der Waals surface area contributed by atoms with Gasteiger partial charge in [-0.3, -0.25) is 0 Å². The molecule has 0 saturated heterocycles. The lowest BCUT2D eigenvalue weighted by Gasteiger charge is -2.28. The molecule has 0 bridgehead atoms. The predicted octanol–water partition coefficient (Wildman–Crippen LogP) is 9.00. The van der Waals surface area contributed by atoms with Gasteiger partial charge >= 0.3 is 6.09 Å². The molecule has 39 heavy (non-hydrogen) atoms. The summed E-state index contributed by atoms with van der Waals surface area (Å²) in [4.78, 5) is 16.4. The molecule has 0 saturated carbocycles. The molecular weight excluding hydrogens is 508 g/mol. The van der Waals surface area contributed by atoms with Gasteiger partial charge in [0.2, 0.25) is 0 Å². The van der Waals surface area contributed by atoms with E-state index in [-0.39, 0.29) is 12.7 Å². The van der Waals surface area contributed by atoms with Crippen LogP contribution in [0.15, 0.2) is 11.6 Å². The van der Waals surface area contributed by atoms with Crippen LogP contribution < -0.4 is 0 Å². The number of nitrogens with zero attached hydrogens (tertiary/aromatic N) is 2. The fraction of sp³-hybridized carbons (Fsp3) is 0.906. The summed E-state index contributed by atoms with van der Waals surface area (Å²) in [6.45, 7) is 7.32. The zero-order valence-electron chi connectivity index (χ0n) is 26.1.